The number of ether oxygens (including phenoxy) is 2. The highest BCUT2D eigenvalue weighted by atomic mass is 16.7. The number of amides is 1. The monoisotopic (exact) mass is 464 g/mol. The topological polar surface area (TPSA) is 93.0 Å². The first-order valence-electron chi connectivity index (χ1n) is 11.8. The van der Waals surface area contributed by atoms with Crippen molar-refractivity contribution in [3.8, 4) is 11.5 Å². The highest BCUT2D eigenvalue weighted by Crippen LogP contribution is 2.51. The van der Waals surface area contributed by atoms with Gasteiger partial charge in [0.1, 0.15) is 0 Å². The average molecular weight is 465 g/mol. The van der Waals surface area contributed by atoms with E-state index in [9.17, 15) is 15.0 Å². The summed E-state index contributed by atoms with van der Waals surface area (Å²) in [6, 6.07) is 11.8. The van der Waals surface area contributed by atoms with Gasteiger partial charge in [0.15, 0.2) is 11.5 Å². The number of benzene rings is 2. The van der Waals surface area contributed by atoms with Gasteiger partial charge in [-0.25, -0.2) is 0 Å². The van der Waals surface area contributed by atoms with E-state index in [0.717, 1.165) is 46.3 Å². The summed E-state index contributed by atoms with van der Waals surface area (Å²) in [5.74, 6) is 1.39. The van der Waals surface area contributed by atoms with Crippen LogP contribution < -0.4 is 14.8 Å². The van der Waals surface area contributed by atoms with Crippen LogP contribution in [-0.4, -0.2) is 40.2 Å². The molecule has 1 saturated carbocycles. The molecule has 0 saturated heterocycles. The lowest BCUT2D eigenvalue weighted by molar-refractivity contribution is -0.118. The van der Waals surface area contributed by atoms with Crippen LogP contribution in [0.3, 0.4) is 0 Å². The number of aromatic nitrogens is 1. The molecule has 1 atom stereocenters. The Morgan fingerprint density at radius 2 is 1.88 bits per heavy atom. The molecule has 180 valence electrons. The predicted octanol–water partition coefficient (Wildman–Crippen LogP) is 4.00. The third kappa shape index (κ3) is 3.83. The van der Waals surface area contributed by atoms with Crippen LogP contribution in [0.2, 0.25) is 0 Å². The molecule has 1 aromatic heterocycles. The van der Waals surface area contributed by atoms with Crippen LogP contribution in [0.5, 0.6) is 11.5 Å². The fourth-order valence-corrected chi connectivity index (χ4v) is 5.00. The smallest absolute Gasteiger partial charge is 0.235 e. The number of carbonyl (C=O) groups is 1. The number of aliphatic hydroxyl groups excluding tert-OH is 2. The summed E-state index contributed by atoms with van der Waals surface area (Å²) in [6.07, 6.45) is 0.749. The van der Waals surface area contributed by atoms with Gasteiger partial charge in [0.25, 0.3) is 0 Å². The minimum atomic E-state index is -0.841. The number of anilines is 1. The molecular weight excluding hydrogens is 432 g/mol. The third-order valence-corrected chi connectivity index (χ3v) is 6.92. The second kappa shape index (κ2) is 8.03. The number of aryl methyl sites for hydroxylation is 1. The molecule has 0 bridgehead atoms. The van der Waals surface area contributed by atoms with E-state index in [4.69, 9.17) is 9.47 Å². The summed E-state index contributed by atoms with van der Waals surface area (Å²) >= 11 is 0. The Morgan fingerprint density at radius 1 is 1.15 bits per heavy atom. The van der Waals surface area contributed by atoms with Crippen LogP contribution in [0, 0.1) is 6.92 Å². The summed E-state index contributed by atoms with van der Waals surface area (Å²) in [7, 11) is 0. The van der Waals surface area contributed by atoms with Gasteiger partial charge in [0.2, 0.25) is 12.7 Å². The van der Waals surface area contributed by atoms with E-state index in [2.05, 4.69) is 36.7 Å². The van der Waals surface area contributed by atoms with Gasteiger partial charge in [-0.15, -0.1) is 0 Å². The molecule has 7 heteroatoms. The van der Waals surface area contributed by atoms with Gasteiger partial charge in [-0.2, -0.15) is 0 Å². The van der Waals surface area contributed by atoms with Crippen molar-refractivity contribution in [3.63, 3.8) is 0 Å². The molecule has 1 aliphatic carbocycles. The second-order valence-corrected chi connectivity index (χ2v) is 10.6. The van der Waals surface area contributed by atoms with Gasteiger partial charge in [-0.3, -0.25) is 4.79 Å². The number of hydrogen-bond donors (Lipinski definition) is 3. The fourth-order valence-electron chi connectivity index (χ4n) is 5.00. The normalized spacial score (nSPS) is 17.1. The number of nitrogens with one attached hydrogen (secondary N) is 1. The first-order valence-corrected chi connectivity index (χ1v) is 11.8. The Kier molecular flexibility index (Phi) is 5.37. The maximum Gasteiger partial charge on any atom is 0.235 e. The summed E-state index contributed by atoms with van der Waals surface area (Å²) in [6.45, 7) is 8.63. The van der Waals surface area contributed by atoms with E-state index in [1.165, 1.54) is 0 Å². The zero-order chi connectivity index (χ0) is 24.3. The number of hydrogen-bond acceptors (Lipinski definition) is 5. The summed E-state index contributed by atoms with van der Waals surface area (Å²) in [5.41, 5.74) is 4.09. The zero-order valence-electron chi connectivity index (χ0n) is 20.1. The molecule has 1 amide bonds. The van der Waals surface area contributed by atoms with Crippen LogP contribution in [0.15, 0.2) is 36.4 Å². The van der Waals surface area contributed by atoms with Crippen LogP contribution >= 0.6 is 0 Å². The summed E-state index contributed by atoms with van der Waals surface area (Å²) in [4.78, 5) is 13.4. The van der Waals surface area contributed by atoms with E-state index < -0.39 is 11.5 Å². The zero-order valence-corrected chi connectivity index (χ0v) is 20.1. The Labute approximate surface area is 199 Å². The highest BCUT2D eigenvalue weighted by Gasteiger charge is 2.51. The van der Waals surface area contributed by atoms with Gasteiger partial charge < -0.3 is 29.6 Å². The third-order valence-electron chi connectivity index (χ3n) is 6.92. The molecule has 0 spiro atoms. The van der Waals surface area contributed by atoms with Gasteiger partial charge in [-0.05, 0) is 61.2 Å². The van der Waals surface area contributed by atoms with Crippen LogP contribution in [0.1, 0.15) is 50.4 Å². The van der Waals surface area contributed by atoms with E-state index in [1.807, 2.05) is 37.3 Å². The van der Waals surface area contributed by atoms with Gasteiger partial charge in [0.05, 0.1) is 30.2 Å². The lowest BCUT2D eigenvalue weighted by Crippen LogP contribution is -2.27. The minimum absolute atomic E-state index is 0.0173. The van der Waals surface area contributed by atoms with Gasteiger partial charge >= 0.3 is 0 Å². The molecular formula is C27H32N2O5. The van der Waals surface area contributed by atoms with Crippen molar-refractivity contribution in [3.05, 3.63) is 53.2 Å². The number of rotatable bonds is 6. The van der Waals surface area contributed by atoms with Crippen molar-refractivity contribution in [1.82, 2.24) is 4.57 Å². The van der Waals surface area contributed by atoms with Crippen LogP contribution in [-0.2, 0) is 22.2 Å². The number of nitrogens with zero attached hydrogens (tertiary/aromatic N) is 1. The maximum atomic E-state index is 13.4. The molecule has 2 aliphatic rings. The minimum Gasteiger partial charge on any atom is -0.454 e. The first kappa shape index (κ1) is 22.7. The molecule has 3 N–H and O–H groups in total. The van der Waals surface area contributed by atoms with Gasteiger partial charge in [0, 0.05) is 22.2 Å². The largest absolute Gasteiger partial charge is 0.454 e. The quantitative estimate of drug-likeness (QED) is 0.513. The lowest BCUT2D eigenvalue weighted by atomic mass is 9.92. The maximum absolute atomic E-state index is 13.4. The molecule has 34 heavy (non-hydrogen) atoms. The number of carbonyl (C=O) groups excluding carboxylic acids is 1. The van der Waals surface area contributed by atoms with Crippen molar-refractivity contribution in [2.45, 2.75) is 64.0 Å². The van der Waals surface area contributed by atoms with E-state index in [0.29, 0.717) is 18.0 Å². The predicted molar refractivity (Wildman–Crippen MR) is 131 cm³/mol. The summed E-state index contributed by atoms with van der Waals surface area (Å²) in [5, 5.41) is 23.7. The standard InChI is InChI=1S/C27H32N2O5/c1-16-9-19(10-17-11-23(26(2,3)4)29(24(16)17)13-20(31)14-30)28-25(32)27(7-8-27)18-5-6-21-22(12-18)34-15-33-21/h5-6,9-12,20,30-31H,7-8,13-15H2,1-4H3,(H,28,32)/t20-/m0/s1. The van der Waals surface area contributed by atoms with Crippen molar-refractivity contribution in [2.75, 3.05) is 18.7 Å². The Balaban J connectivity index is 1.47. The first-order chi connectivity index (χ1) is 16.1. The number of aliphatic hydroxyl groups is 2. The van der Waals surface area contributed by atoms with Crippen molar-refractivity contribution in [1.29, 1.82) is 0 Å². The molecule has 2 heterocycles. The van der Waals surface area contributed by atoms with Crippen molar-refractivity contribution >= 4 is 22.5 Å². The number of fused-ring (bicyclic) bond motifs is 2. The molecule has 3 aromatic rings. The van der Waals surface area contributed by atoms with Crippen LogP contribution in [0.25, 0.3) is 10.9 Å². The molecule has 1 fully saturated rings. The molecule has 0 radical (unpaired) electrons. The Hall–Kier alpha value is -3.03. The molecule has 5 rings (SSSR count). The average Bonchev–Trinajstić information content (AvgIpc) is 3.31. The van der Waals surface area contributed by atoms with Crippen LogP contribution in [0.4, 0.5) is 5.69 Å². The van der Waals surface area contributed by atoms with Crippen molar-refractivity contribution < 1.29 is 24.5 Å². The summed E-state index contributed by atoms with van der Waals surface area (Å²) < 4.78 is 13.0. The second-order valence-electron chi connectivity index (χ2n) is 10.6. The Morgan fingerprint density at radius 3 is 2.56 bits per heavy atom. The van der Waals surface area contributed by atoms with Crippen molar-refractivity contribution in [2.24, 2.45) is 0 Å². The Bertz CT molecular complexity index is 1270. The molecule has 7 nitrogen and oxygen atoms in total. The van der Waals surface area contributed by atoms with E-state index >= 15 is 0 Å². The highest BCUT2D eigenvalue weighted by molar-refractivity contribution is 6.03. The van der Waals surface area contributed by atoms with E-state index in [-0.39, 0.29) is 24.7 Å². The lowest BCUT2D eigenvalue weighted by Gasteiger charge is -2.24. The van der Waals surface area contributed by atoms with Gasteiger partial charge in [-0.1, -0.05) is 26.8 Å². The van der Waals surface area contributed by atoms with E-state index in [1.54, 1.807) is 0 Å². The molecule has 2 aromatic carbocycles. The molecule has 1 aliphatic heterocycles. The molecule has 0 unspecified atom stereocenters. The fraction of sp³-hybridized carbons (Fsp3) is 0.444. The SMILES string of the molecule is Cc1cc(NC(=O)C2(c3ccc4c(c3)OCO4)CC2)cc2cc(C(C)(C)C)n(C[C@H](O)CO)c12.